The van der Waals surface area contributed by atoms with E-state index < -0.39 is 5.60 Å². The number of aliphatic hydroxyl groups is 1. The molecule has 0 amide bonds. The smallest absolute Gasteiger partial charge is 0.196 e. The molecule has 96 valence electrons. The second kappa shape index (κ2) is 4.58. The maximum atomic E-state index is 12.5. The highest BCUT2D eigenvalue weighted by Gasteiger charge is 2.34. The van der Waals surface area contributed by atoms with Crippen LogP contribution in [0.25, 0.3) is 10.9 Å². The molecule has 1 heterocycles. The highest BCUT2D eigenvalue weighted by molar-refractivity contribution is 6.11. The fourth-order valence-electron chi connectivity index (χ4n) is 2.34. The predicted molar refractivity (Wildman–Crippen MR) is 72.8 cm³/mol. The third-order valence-corrected chi connectivity index (χ3v) is 3.73. The van der Waals surface area contributed by atoms with Crippen LogP contribution in [-0.4, -0.2) is 21.1 Å². The number of nitrogens with zero attached hydrogens (tertiary/aromatic N) is 1. The largest absolute Gasteiger partial charge is 0.382 e. The second-order valence-corrected chi connectivity index (χ2v) is 4.74. The van der Waals surface area contributed by atoms with Crippen molar-refractivity contribution in [3.8, 4) is 0 Å². The SMILES string of the molecule is CCC(O)(CC)C(=O)c1cn(C)c2ccccc12. The number of fused-ring (bicyclic) bond motifs is 1. The molecule has 0 aliphatic heterocycles. The number of aromatic nitrogens is 1. The molecule has 0 saturated heterocycles. The van der Waals surface area contributed by atoms with Gasteiger partial charge in [0.25, 0.3) is 0 Å². The van der Waals surface area contributed by atoms with E-state index in [2.05, 4.69) is 0 Å². The van der Waals surface area contributed by atoms with Gasteiger partial charge < -0.3 is 9.67 Å². The lowest BCUT2D eigenvalue weighted by Crippen LogP contribution is -2.37. The molecular weight excluding hydrogens is 226 g/mol. The van der Waals surface area contributed by atoms with Crippen molar-refractivity contribution in [1.82, 2.24) is 4.57 Å². The van der Waals surface area contributed by atoms with Crippen molar-refractivity contribution < 1.29 is 9.90 Å². The van der Waals surface area contributed by atoms with Crippen molar-refractivity contribution in [2.75, 3.05) is 0 Å². The molecule has 0 unspecified atom stereocenters. The van der Waals surface area contributed by atoms with Crippen LogP contribution in [0.15, 0.2) is 30.5 Å². The third kappa shape index (κ3) is 1.85. The lowest BCUT2D eigenvalue weighted by Gasteiger charge is -2.23. The highest BCUT2D eigenvalue weighted by atomic mass is 16.3. The molecule has 0 aliphatic carbocycles. The molecule has 1 aromatic heterocycles. The molecule has 0 bridgehead atoms. The molecule has 0 saturated carbocycles. The molecule has 1 aromatic carbocycles. The molecule has 0 atom stereocenters. The normalized spacial score (nSPS) is 12.0. The summed E-state index contributed by atoms with van der Waals surface area (Å²) in [6, 6.07) is 7.76. The van der Waals surface area contributed by atoms with Gasteiger partial charge in [0.05, 0.1) is 0 Å². The average molecular weight is 245 g/mol. The maximum Gasteiger partial charge on any atom is 0.196 e. The van der Waals surface area contributed by atoms with E-state index >= 15 is 0 Å². The summed E-state index contributed by atoms with van der Waals surface area (Å²) in [7, 11) is 1.91. The van der Waals surface area contributed by atoms with Crippen LogP contribution in [0.5, 0.6) is 0 Å². The monoisotopic (exact) mass is 245 g/mol. The molecule has 2 rings (SSSR count). The van der Waals surface area contributed by atoms with Gasteiger partial charge in [-0.2, -0.15) is 0 Å². The molecule has 3 heteroatoms. The Morgan fingerprint density at radius 2 is 1.89 bits per heavy atom. The third-order valence-electron chi connectivity index (χ3n) is 3.73. The Balaban J connectivity index is 2.58. The minimum absolute atomic E-state index is 0.177. The van der Waals surface area contributed by atoms with Gasteiger partial charge in [-0.05, 0) is 18.9 Å². The van der Waals surface area contributed by atoms with Crippen LogP contribution >= 0.6 is 0 Å². The topological polar surface area (TPSA) is 42.2 Å². The Morgan fingerprint density at radius 1 is 1.28 bits per heavy atom. The van der Waals surface area contributed by atoms with Crippen molar-refractivity contribution in [2.45, 2.75) is 32.3 Å². The summed E-state index contributed by atoms with van der Waals surface area (Å²) >= 11 is 0. The first kappa shape index (κ1) is 12.8. The van der Waals surface area contributed by atoms with Crippen LogP contribution in [0.3, 0.4) is 0 Å². The van der Waals surface area contributed by atoms with Crippen LogP contribution in [0, 0.1) is 0 Å². The second-order valence-electron chi connectivity index (χ2n) is 4.74. The van der Waals surface area contributed by atoms with E-state index in [1.165, 1.54) is 0 Å². The van der Waals surface area contributed by atoms with E-state index in [0.29, 0.717) is 18.4 Å². The molecule has 0 aliphatic rings. The zero-order chi connectivity index (χ0) is 13.3. The fraction of sp³-hybridized carbons (Fsp3) is 0.400. The van der Waals surface area contributed by atoms with Crippen molar-refractivity contribution in [1.29, 1.82) is 0 Å². The Hall–Kier alpha value is -1.61. The minimum atomic E-state index is -1.25. The average Bonchev–Trinajstić information content (AvgIpc) is 2.75. The van der Waals surface area contributed by atoms with Gasteiger partial charge in [-0.1, -0.05) is 32.0 Å². The van der Waals surface area contributed by atoms with Crippen LogP contribution in [0.4, 0.5) is 0 Å². The molecule has 18 heavy (non-hydrogen) atoms. The predicted octanol–water partition coefficient (Wildman–Crippen LogP) is 2.91. The summed E-state index contributed by atoms with van der Waals surface area (Å²) < 4.78 is 1.92. The lowest BCUT2D eigenvalue weighted by atomic mass is 9.88. The Labute approximate surface area is 107 Å². The van der Waals surface area contributed by atoms with Crippen LogP contribution in [0.1, 0.15) is 37.0 Å². The molecule has 2 aromatic rings. The van der Waals surface area contributed by atoms with Gasteiger partial charge in [0.2, 0.25) is 0 Å². The van der Waals surface area contributed by atoms with E-state index in [4.69, 9.17) is 0 Å². The lowest BCUT2D eigenvalue weighted by molar-refractivity contribution is 0.0279. The van der Waals surface area contributed by atoms with Crippen LogP contribution in [0.2, 0.25) is 0 Å². The van der Waals surface area contributed by atoms with E-state index in [0.717, 1.165) is 10.9 Å². The number of para-hydroxylation sites is 1. The van der Waals surface area contributed by atoms with E-state index in [9.17, 15) is 9.90 Å². The molecular formula is C15H19NO2. The van der Waals surface area contributed by atoms with Crippen LogP contribution < -0.4 is 0 Å². The number of carbonyl (C=O) groups is 1. The van der Waals surface area contributed by atoms with E-state index in [1.54, 1.807) is 0 Å². The molecule has 1 N–H and O–H groups in total. The summed E-state index contributed by atoms with van der Waals surface area (Å²) in [5, 5.41) is 11.3. The Morgan fingerprint density at radius 3 is 2.50 bits per heavy atom. The van der Waals surface area contributed by atoms with Crippen molar-refractivity contribution in [2.24, 2.45) is 7.05 Å². The number of ketones is 1. The first-order valence-electron chi connectivity index (χ1n) is 6.34. The van der Waals surface area contributed by atoms with Gasteiger partial charge in [0, 0.05) is 29.7 Å². The number of hydrogen-bond acceptors (Lipinski definition) is 2. The summed E-state index contributed by atoms with van der Waals surface area (Å²) in [6.45, 7) is 3.68. The molecule has 0 fully saturated rings. The van der Waals surface area contributed by atoms with Gasteiger partial charge in [-0.15, -0.1) is 0 Å². The molecule has 3 nitrogen and oxygen atoms in total. The number of aryl methyl sites for hydroxylation is 1. The first-order valence-corrected chi connectivity index (χ1v) is 6.34. The van der Waals surface area contributed by atoms with E-state index in [-0.39, 0.29) is 5.78 Å². The standard InChI is InChI=1S/C15H19NO2/c1-4-15(18,5-2)14(17)12-10-16(3)13-9-7-6-8-11(12)13/h6-10,18H,4-5H2,1-3H3. The fourth-order valence-corrected chi connectivity index (χ4v) is 2.34. The Bertz CT molecular complexity index is 579. The summed E-state index contributed by atoms with van der Waals surface area (Å²) in [5.74, 6) is -0.177. The van der Waals surface area contributed by atoms with Gasteiger partial charge in [-0.25, -0.2) is 0 Å². The number of rotatable bonds is 4. The van der Waals surface area contributed by atoms with Crippen molar-refractivity contribution >= 4 is 16.7 Å². The van der Waals surface area contributed by atoms with Crippen molar-refractivity contribution in [3.05, 3.63) is 36.0 Å². The Kier molecular flexibility index (Phi) is 3.26. The first-order chi connectivity index (χ1) is 8.53. The number of hydrogen-bond donors (Lipinski definition) is 1. The van der Waals surface area contributed by atoms with Gasteiger partial charge >= 0.3 is 0 Å². The zero-order valence-corrected chi connectivity index (χ0v) is 11.1. The number of benzene rings is 1. The molecule has 0 radical (unpaired) electrons. The van der Waals surface area contributed by atoms with Crippen LogP contribution in [-0.2, 0) is 7.05 Å². The number of carbonyl (C=O) groups excluding carboxylic acids is 1. The number of Topliss-reactive ketones (excluding diaryl/α,β-unsaturated/α-hetero) is 1. The summed E-state index contributed by atoms with van der Waals surface area (Å²) in [4.78, 5) is 12.5. The summed E-state index contributed by atoms with van der Waals surface area (Å²) in [6.07, 6.45) is 2.68. The highest BCUT2D eigenvalue weighted by Crippen LogP contribution is 2.27. The quantitative estimate of drug-likeness (QED) is 0.841. The zero-order valence-electron chi connectivity index (χ0n) is 11.1. The molecule has 0 spiro atoms. The van der Waals surface area contributed by atoms with E-state index in [1.807, 2.05) is 55.9 Å². The van der Waals surface area contributed by atoms with Crippen molar-refractivity contribution in [3.63, 3.8) is 0 Å². The van der Waals surface area contributed by atoms with Gasteiger partial charge in [-0.3, -0.25) is 4.79 Å². The minimum Gasteiger partial charge on any atom is -0.382 e. The summed E-state index contributed by atoms with van der Waals surface area (Å²) in [5.41, 5.74) is 0.374. The van der Waals surface area contributed by atoms with Gasteiger partial charge in [0.15, 0.2) is 5.78 Å². The van der Waals surface area contributed by atoms with Gasteiger partial charge in [0.1, 0.15) is 5.60 Å². The maximum absolute atomic E-state index is 12.5.